The Balaban J connectivity index is 1.60. The van der Waals surface area contributed by atoms with Crippen LogP contribution in [-0.4, -0.2) is 34.4 Å². The molecule has 134 valence electrons. The van der Waals surface area contributed by atoms with E-state index in [1.165, 1.54) is 11.1 Å². The van der Waals surface area contributed by atoms with Crippen molar-refractivity contribution in [3.63, 3.8) is 0 Å². The van der Waals surface area contributed by atoms with Crippen molar-refractivity contribution in [2.24, 2.45) is 0 Å². The third kappa shape index (κ3) is 4.09. The summed E-state index contributed by atoms with van der Waals surface area (Å²) in [5, 5.41) is 8.70. The van der Waals surface area contributed by atoms with E-state index in [4.69, 9.17) is 9.72 Å². The van der Waals surface area contributed by atoms with Crippen molar-refractivity contribution in [2.75, 3.05) is 18.0 Å². The molecule has 5 heteroatoms. The third-order valence-electron chi connectivity index (χ3n) is 5.00. The van der Waals surface area contributed by atoms with Gasteiger partial charge in [0, 0.05) is 25.9 Å². The van der Waals surface area contributed by atoms with Gasteiger partial charge in [-0.2, -0.15) is 5.10 Å². The highest BCUT2D eigenvalue weighted by atomic mass is 16.5. The lowest BCUT2D eigenvalue weighted by molar-refractivity contribution is 0.170. The van der Waals surface area contributed by atoms with E-state index in [0.29, 0.717) is 0 Å². The van der Waals surface area contributed by atoms with Gasteiger partial charge in [-0.3, -0.25) is 0 Å². The second-order valence-electron chi connectivity index (χ2n) is 6.76. The molecule has 0 spiro atoms. The van der Waals surface area contributed by atoms with Gasteiger partial charge in [0.15, 0.2) is 0 Å². The average Bonchev–Trinajstić information content (AvgIpc) is 2.65. The zero-order valence-corrected chi connectivity index (χ0v) is 15.7. The maximum atomic E-state index is 6.17. The number of aryl methyl sites for hydroxylation is 4. The minimum Gasteiger partial charge on any atom is -0.490 e. The lowest BCUT2D eigenvalue weighted by Crippen LogP contribution is -2.39. The van der Waals surface area contributed by atoms with Gasteiger partial charge in [0.1, 0.15) is 11.9 Å². The summed E-state index contributed by atoms with van der Waals surface area (Å²) in [7, 11) is 0. The van der Waals surface area contributed by atoms with Crippen molar-refractivity contribution < 1.29 is 4.74 Å². The Labute approximate surface area is 150 Å². The molecular formula is C20H28N4O. The summed E-state index contributed by atoms with van der Waals surface area (Å²) >= 11 is 0. The highest BCUT2D eigenvalue weighted by Crippen LogP contribution is 2.23. The highest BCUT2D eigenvalue weighted by Gasteiger charge is 2.23. The summed E-state index contributed by atoms with van der Waals surface area (Å²) in [6, 6.07) is 6.32. The smallest absolute Gasteiger partial charge is 0.245 e. The summed E-state index contributed by atoms with van der Waals surface area (Å²) in [6.45, 7) is 10.3. The fourth-order valence-corrected chi connectivity index (χ4v) is 3.22. The first kappa shape index (κ1) is 17.6. The molecule has 0 N–H and O–H groups in total. The standard InChI is InChI=1S/C20H28N4O/c1-5-18-19(6-2)22-23-20(21-18)24-11-9-16(10-12-24)25-17-8-7-14(3)15(4)13-17/h7-8,13,16H,5-6,9-12H2,1-4H3. The van der Waals surface area contributed by atoms with Crippen molar-refractivity contribution in [2.45, 2.75) is 59.5 Å². The predicted octanol–water partition coefficient (Wildman–Crippen LogP) is 3.66. The van der Waals surface area contributed by atoms with Gasteiger partial charge in [0.05, 0.1) is 11.4 Å². The van der Waals surface area contributed by atoms with E-state index >= 15 is 0 Å². The van der Waals surface area contributed by atoms with Crippen molar-refractivity contribution in [3.05, 3.63) is 40.7 Å². The van der Waals surface area contributed by atoms with Gasteiger partial charge in [0.25, 0.3) is 0 Å². The van der Waals surface area contributed by atoms with Crippen LogP contribution >= 0.6 is 0 Å². The highest BCUT2D eigenvalue weighted by molar-refractivity contribution is 5.34. The number of nitrogens with zero attached hydrogens (tertiary/aromatic N) is 4. The minimum atomic E-state index is 0.256. The van der Waals surface area contributed by atoms with Gasteiger partial charge < -0.3 is 9.64 Å². The number of hydrogen-bond donors (Lipinski definition) is 0. The second-order valence-corrected chi connectivity index (χ2v) is 6.76. The molecular weight excluding hydrogens is 312 g/mol. The Kier molecular flexibility index (Phi) is 5.51. The molecule has 0 radical (unpaired) electrons. The molecule has 1 aliphatic rings. The molecule has 0 aliphatic carbocycles. The molecule has 0 bridgehead atoms. The molecule has 1 saturated heterocycles. The maximum absolute atomic E-state index is 6.17. The van der Waals surface area contributed by atoms with Crippen molar-refractivity contribution in [1.29, 1.82) is 0 Å². The summed E-state index contributed by atoms with van der Waals surface area (Å²) in [6.07, 6.45) is 4.00. The zero-order chi connectivity index (χ0) is 17.8. The van der Waals surface area contributed by atoms with Crippen LogP contribution in [0.15, 0.2) is 18.2 Å². The van der Waals surface area contributed by atoms with E-state index in [1.807, 2.05) is 0 Å². The SMILES string of the molecule is CCc1nnc(N2CCC(Oc3ccc(C)c(C)c3)CC2)nc1CC. The number of anilines is 1. The normalized spacial score (nSPS) is 15.4. The zero-order valence-electron chi connectivity index (χ0n) is 15.7. The van der Waals surface area contributed by atoms with Crippen molar-refractivity contribution in [3.8, 4) is 5.75 Å². The van der Waals surface area contributed by atoms with Crippen molar-refractivity contribution >= 4 is 5.95 Å². The predicted molar refractivity (Wildman–Crippen MR) is 100 cm³/mol. The van der Waals surface area contributed by atoms with Crippen LogP contribution in [0.5, 0.6) is 5.75 Å². The van der Waals surface area contributed by atoms with E-state index in [1.54, 1.807) is 0 Å². The molecule has 5 nitrogen and oxygen atoms in total. The molecule has 1 aliphatic heterocycles. The molecule has 1 fully saturated rings. The van der Waals surface area contributed by atoms with Gasteiger partial charge in [0.2, 0.25) is 5.95 Å². The molecule has 2 aromatic rings. The van der Waals surface area contributed by atoms with Crippen LogP contribution in [0.1, 0.15) is 49.2 Å². The fraction of sp³-hybridized carbons (Fsp3) is 0.550. The molecule has 25 heavy (non-hydrogen) atoms. The number of hydrogen-bond acceptors (Lipinski definition) is 5. The quantitative estimate of drug-likeness (QED) is 0.831. The Morgan fingerprint density at radius 2 is 1.72 bits per heavy atom. The average molecular weight is 340 g/mol. The van der Waals surface area contributed by atoms with Gasteiger partial charge >= 0.3 is 0 Å². The summed E-state index contributed by atoms with van der Waals surface area (Å²) < 4.78 is 6.17. The maximum Gasteiger partial charge on any atom is 0.245 e. The van der Waals surface area contributed by atoms with E-state index in [0.717, 1.165) is 61.9 Å². The first-order valence-electron chi connectivity index (χ1n) is 9.32. The number of ether oxygens (including phenoxy) is 1. The van der Waals surface area contributed by atoms with Crippen LogP contribution < -0.4 is 9.64 Å². The molecule has 0 atom stereocenters. The Bertz CT molecular complexity index is 724. The van der Waals surface area contributed by atoms with E-state index in [2.05, 4.69) is 61.0 Å². The molecule has 1 aromatic heterocycles. The second kappa shape index (κ2) is 7.81. The van der Waals surface area contributed by atoms with Gasteiger partial charge in [-0.25, -0.2) is 4.98 Å². The Hall–Kier alpha value is -2.17. The van der Waals surface area contributed by atoms with Crippen LogP contribution in [0.25, 0.3) is 0 Å². The Morgan fingerprint density at radius 3 is 2.36 bits per heavy atom. The molecule has 0 amide bonds. The van der Waals surface area contributed by atoms with E-state index in [9.17, 15) is 0 Å². The summed E-state index contributed by atoms with van der Waals surface area (Å²) in [4.78, 5) is 6.96. The number of benzene rings is 1. The fourth-order valence-electron chi connectivity index (χ4n) is 3.22. The molecule has 3 rings (SSSR count). The largest absolute Gasteiger partial charge is 0.490 e. The van der Waals surface area contributed by atoms with E-state index in [-0.39, 0.29) is 6.10 Å². The van der Waals surface area contributed by atoms with Crippen LogP contribution in [0, 0.1) is 13.8 Å². The molecule has 0 unspecified atom stereocenters. The van der Waals surface area contributed by atoms with Gasteiger partial charge in [-0.05, 0) is 49.9 Å². The Morgan fingerprint density at radius 1 is 1.00 bits per heavy atom. The lowest BCUT2D eigenvalue weighted by atomic mass is 10.1. The van der Waals surface area contributed by atoms with Crippen LogP contribution in [0.3, 0.4) is 0 Å². The van der Waals surface area contributed by atoms with Crippen LogP contribution in [-0.2, 0) is 12.8 Å². The van der Waals surface area contributed by atoms with Crippen LogP contribution in [0.4, 0.5) is 5.95 Å². The van der Waals surface area contributed by atoms with Crippen LogP contribution in [0.2, 0.25) is 0 Å². The molecule has 2 heterocycles. The van der Waals surface area contributed by atoms with Crippen molar-refractivity contribution in [1.82, 2.24) is 15.2 Å². The van der Waals surface area contributed by atoms with Gasteiger partial charge in [-0.15, -0.1) is 5.10 Å². The number of rotatable bonds is 5. The minimum absolute atomic E-state index is 0.256. The summed E-state index contributed by atoms with van der Waals surface area (Å²) in [5.41, 5.74) is 4.66. The molecule has 0 saturated carbocycles. The number of piperidine rings is 1. The first-order valence-corrected chi connectivity index (χ1v) is 9.32. The first-order chi connectivity index (χ1) is 12.1. The lowest BCUT2D eigenvalue weighted by Gasteiger charge is -2.32. The monoisotopic (exact) mass is 340 g/mol. The summed E-state index contributed by atoms with van der Waals surface area (Å²) in [5.74, 6) is 1.73. The van der Waals surface area contributed by atoms with Gasteiger partial charge in [-0.1, -0.05) is 19.9 Å². The third-order valence-corrected chi connectivity index (χ3v) is 5.00. The van der Waals surface area contributed by atoms with E-state index < -0.39 is 0 Å². The number of aromatic nitrogens is 3. The topological polar surface area (TPSA) is 51.1 Å². The molecule has 1 aromatic carbocycles.